The van der Waals surface area contributed by atoms with Gasteiger partial charge in [0.2, 0.25) is 0 Å². The van der Waals surface area contributed by atoms with Crippen LogP contribution in [0.2, 0.25) is 0 Å². The molecule has 0 bridgehead atoms. The molecule has 0 aliphatic rings. The number of halogens is 6. The third kappa shape index (κ3) is 3.90. The number of hydrogen-bond donors (Lipinski definition) is 0. The maximum atomic E-state index is 12.6. The molecule has 0 unspecified atom stereocenters. The molecule has 0 saturated carbocycles. The lowest BCUT2D eigenvalue weighted by atomic mass is 10.0. The summed E-state index contributed by atoms with van der Waals surface area (Å²) in [7, 11) is 0. The minimum absolute atomic E-state index is 0.0651. The quantitative estimate of drug-likeness (QED) is 0.704. The maximum absolute atomic E-state index is 12.6. The van der Waals surface area contributed by atoms with Crippen molar-refractivity contribution < 1.29 is 31.1 Å². The summed E-state index contributed by atoms with van der Waals surface area (Å²) < 4.78 is 78.6. The molecule has 7 heteroatoms. The molecule has 111 valence electrons. The fourth-order valence-corrected chi connectivity index (χ4v) is 1.71. The monoisotopic (exact) mass is 305 g/mol. The Morgan fingerprint density at radius 3 is 2.24 bits per heavy atom. The molecule has 0 fully saturated rings. The fourth-order valence-electron chi connectivity index (χ4n) is 1.71. The highest BCUT2D eigenvalue weighted by Gasteiger charge is 2.33. The van der Waals surface area contributed by atoms with Crippen molar-refractivity contribution in [3.63, 3.8) is 0 Å². The van der Waals surface area contributed by atoms with Crippen LogP contribution in [0, 0.1) is 6.07 Å². The third-order valence-electron chi connectivity index (χ3n) is 2.52. The number of hydrogen-bond acceptors (Lipinski definition) is 1. The number of rotatable bonds is 2. The Balaban J connectivity index is 2.48. The summed E-state index contributed by atoms with van der Waals surface area (Å²) in [6.07, 6.45) is -9.53. The molecule has 0 spiro atoms. The van der Waals surface area contributed by atoms with Gasteiger partial charge in [0.1, 0.15) is 5.75 Å². The van der Waals surface area contributed by atoms with E-state index >= 15 is 0 Å². The van der Waals surface area contributed by atoms with E-state index < -0.39 is 23.9 Å². The van der Waals surface area contributed by atoms with Crippen molar-refractivity contribution in [3.8, 4) is 16.9 Å². The Hall–Kier alpha value is -2.18. The lowest BCUT2D eigenvalue weighted by Gasteiger charge is -2.14. The molecular formula is C14H7F6O. The van der Waals surface area contributed by atoms with Crippen LogP contribution in [-0.4, -0.2) is 6.36 Å². The summed E-state index contributed by atoms with van der Waals surface area (Å²) in [5.41, 5.74) is -1.22. The number of ether oxygens (including phenoxy) is 1. The average Bonchev–Trinajstić information content (AvgIpc) is 2.37. The van der Waals surface area contributed by atoms with Crippen molar-refractivity contribution in [2.45, 2.75) is 12.5 Å². The van der Waals surface area contributed by atoms with E-state index in [1.807, 2.05) is 0 Å². The van der Waals surface area contributed by atoms with E-state index in [0.717, 1.165) is 24.3 Å². The van der Waals surface area contributed by atoms with Gasteiger partial charge in [-0.05, 0) is 29.8 Å². The van der Waals surface area contributed by atoms with Crippen LogP contribution in [0.1, 0.15) is 5.56 Å². The second-order valence-electron chi connectivity index (χ2n) is 4.04. The zero-order chi connectivity index (χ0) is 15.7. The summed E-state index contributed by atoms with van der Waals surface area (Å²) in [6, 6.07) is 9.95. The van der Waals surface area contributed by atoms with Gasteiger partial charge in [0.15, 0.2) is 0 Å². The van der Waals surface area contributed by atoms with Crippen LogP contribution >= 0.6 is 0 Å². The second kappa shape index (κ2) is 5.31. The lowest BCUT2D eigenvalue weighted by molar-refractivity contribution is -0.274. The molecule has 0 aromatic heterocycles. The first-order chi connectivity index (χ1) is 9.67. The van der Waals surface area contributed by atoms with Crippen molar-refractivity contribution in [1.82, 2.24) is 0 Å². The van der Waals surface area contributed by atoms with Crippen molar-refractivity contribution in [2.24, 2.45) is 0 Å². The summed E-state index contributed by atoms with van der Waals surface area (Å²) >= 11 is 0. The molecule has 2 aromatic carbocycles. The Labute approximate surface area is 115 Å². The molecule has 1 radical (unpaired) electrons. The number of benzene rings is 2. The van der Waals surface area contributed by atoms with Crippen molar-refractivity contribution in [2.75, 3.05) is 0 Å². The van der Waals surface area contributed by atoms with Gasteiger partial charge in [-0.1, -0.05) is 24.3 Å². The predicted octanol–water partition coefficient (Wildman–Crippen LogP) is 5.07. The molecule has 1 nitrogen and oxygen atoms in total. The highest BCUT2D eigenvalue weighted by atomic mass is 19.4. The van der Waals surface area contributed by atoms with Gasteiger partial charge in [-0.2, -0.15) is 13.2 Å². The van der Waals surface area contributed by atoms with Crippen LogP contribution in [0.5, 0.6) is 5.75 Å². The zero-order valence-corrected chi connectivity index (χ0v) is 10.2. The van der Waals surface area contributed by atoms with Crippen molar-refractivity contribution in [1.29, 1.82) is 0 Å². The molecule has 0 heterocycles. The smallest absolute Gasteiger partial charge is 0.405 e. The first kappa shape index (κ1) is 15.2. The van der Waals surface area contributed by atoms with Gasteiger partial charge in [-0.25, -0.2) is 0 Å². The van der Waals surface area contributed by atoms with Gasteiger partial charge < -0.3 is 4.74 Å². The van der Waals surface area contributed by atoms with E-state index in [1.54, 1.807) is 0 Å². The van der Waals surface area contributed by atoms with Gasteiger partial charge in [0.25, 0.3) is 0 Å². The predicted molar refractivity (Wildman–Crippen MR) is 62.4 cm³/mol. The van der Waals surface area contributed by atoms with Gasteiger partial charge in [-0.15, -0.1) is 13.2 Å². The number of alkyl halides is 6. The molecule has 0 aliphatic heterocycles. The van der Waals surface area contributed by atoms with E-state index in [1.165, 1.54) is 18.2 Å². The Kier molecular flexibility index (Phi) is 3.85. The topological polar surface area (TPSA) is 9.23 Å². The van der Waals surface area contributed by atoms with E-state index in [2.05, 4.69) is 10.8 Å². The molecule has 0 amide bonds. The Bertz CT molecular complexity index is 630. The Morgan fingerprint density at radius 1 is 0.905 bits per heavy atom. The Morgan fingerprint density at radius 2 is 1.62 bits per heavy atom. The summed E-state index contributed by atoms with van der Waals surface area (Å²) in [6.45, 7) is 0. The summed E-state index contributed by atoms with van der Waals surface area (Å²) in [5.74, 6) is -0.607. The van der Waals surface area contributed by atoms with E-state index in [9.17, 15) is 26.3 Å². The molecular weight excluding hydrogens is 298 g/mol. The molecule has 2 aromatic rings. The van der Waals surface area contributed by atoms with Crippen LogP contribution in [0.15, 0.2) is 42.5 Å². The third-order valence-corrected chi connectivity index (χ3v) is 2.52. The standard InChI is InChI=1S/C14H7F6O/c15-13(16,17)10-5-3-4-9(8-10)11-6-1-2-7-12(11)21-14(18,19)20/h1-5,7-8H. The molecule has 0 aliphatic carbocycles. The van der Waals surface area contributed by atoms with Crippen molar-refractivity contribution >= 4 is 0 Å². The van der Waals surface area contributed by atoms with Crippen LogP contribution < -0.4 is 4.74 Å². The largest absolute Gasteiger partial charge is 0.573 e. The van der Waals surface area contributed by atoms with Gasteiger partial charge >= 0.3 is 12.5 Å². The average molecular weight is 305 g/mol. The van der Waals surface area contributed by atoms with E-state index in [-0.39, 0.29) is 11.1 Å². The first-order valence-electron chi connectivity index (χ1n) is 5.61. The molecule has 0 N–H and O–H groups in total. The second-order valence-corrected chi connectivity index (χ2v) is 4.04. The molecule has 0 atom stereocenters. The fraction of sp³-hybridized carbons (Fsp3) is 0.143. The minimum atomic E-state index is -4.94. The van der Waals surface area contributed by atoms with Crippen LogP contribution in [0.25, 0.3) is 11.1 Å². The molecule has 21 heavy (non-hydrogen) atoms. The lowest BCUT2D eigenvalue weighted by Crippen LogP contribution is -2.17. The van der Waals surface area contributed by atoms with E-state index in [0.29, 0.717) is 0 Å². The highest BCUT2D eigenvalue weighted by Crippen LogP contribution is 2.36. The van der Waals surface area contributed by atoms with Crippen molar-refractivity contribution in [3.05, 3.63) is 54.1 Å². The van der Waals surface area contributed by atoms with E-state index in [4.69, 9.17) is 0 Å². The van der Waals surface area contributed by atoms with Crippen LogP contribution in [0.3, 0.4) is 0 Å². The minimum Gasteiger partial charge on any atom is -0.405 e. The first-order valence-corrected chi connectivity index (χ1v) is 5.61. The zero-order valence-electron chi connectivity index (χ0n) is 10.2. The summed E-state index contributed by atoms with van der Waals surface area (Å²) in [4.78, 5) is 0. The van der Waals surface area contributed by atoms with Gasteiger partial charge in [0.05, 0.1) is 5.56 Å². The van der Waals surface area contributed by atoms with Gasteiger partial charge in [0, 0.05) is 5.56 Å². The van der Waals surface area contributed by atoms with Crippen LogP contribution in [0.4, 0.5) is 26.3 Å². The maximum Gasteiger partial charge on any atom is 0.573 e. The molecule has 0 saturated heterocycles. The SMILES string of the molecule is FC(F)(F)Oc1ccc[c]c1-c1cccc(C(F)(F)F)c1. The molecule has 2 rings (SSSR count). The van der Waals surface area contributed by atoms with Crippen LogP contribution in [-0.2, 0) is 6.18 Å². The highest BCUT2D eigenvalue weighted by molar-refractivity contribution is 5.70. The summed E-state index contributed by atoms with van der Waals surface area (Å²) in [5, 5.41) is 0. The van der Waals surface area contributed by atoms with Gasteiger partial charge in [-0.3, -0.25) is 0 Å². The normalized spacial score (nSPS) is 12.3.